The fraction of sp³-hybridized carbons (Fsp3) is 0.770. The number of rotatable bonds is 72. The lowest BCUT2D eigenvalue weighted by Gasteiger charge is -2.28. The molecule has 0 aliphatic carbocycles. The van der Waals surface area contributed by atoms with Gasteiger partial charge in [0.15, 0.2) is 47.7 Å². The molecule has 0 aromatic heterocycles. The number of hydrogen-bond acceptors (Lipinski definition) is 17. The maximum absolute atomic E-state index is 15.1. The molecular weight excluding hydrogens is 1500 g/mol. The maximum Gasteiger partial charge on any atom is 0.243 e. The third kappa shape index (κ3) is 60.0. The van der Waals surface area contributed by atoms with Crippen LogP contribution in [-0.2, 0) is 43.2 Å². The summed E-state index contributed by atoms with van der Waals surface area (Å²) < 4.78 is 0. The number of primary amides is 1. The first-order valence-corrected chi connectivity index (χ1v) is 41.5. The summed E-state index contributed by atoms with van der Waals surface area (Å²) >= 11 is 0. The Morgan fingerprint density at radius 3 is 0.526 bits per heavy atom. The van der Waals surface area contributed by atoms with Gasteiger partial charge >= 0.3 is 0 Å². The minimum atomic E-state index is -1.44. The van der Waals surface area contributed by atoms with Crippen LogP contribution in [0, 0.1) is 0 Å². The van der Waals surface area contributed by atoms with Crippen LogP contribution in [0.2, 0.25) is 0 Å². The van der Waals surface area contributed by atoms with Crippen LogP contribution >= 0.6 is 0 Å². The smallest absolute Gasteiger partial charge is 0.243 e. The molecule has 0 saturated carbocycles. The monoisotopic (exact) mass is 1640 g/mol. The minimum absolute atomic E-state index is 0.000900. The van der Waals surface area contributed by atoms with Crippen LogP contribution in [0.15, 0.2) is 39.9 Å². The zero-order chi connectivity index (χ0) is 86.7. The summed E-state index contributed by atoms with van der Waals surface area (Å²) in [5.74, 6) is -8.08. The van der Waals surface area contributed by atoms with Crippen LogP contribution in [0.25, 0.3) is 0 Å². The van der Waals surface area contributed by atoms with Gasteiger partial charge in [0.25, 0.3) is 0 Å². The van der Waals surface area contributed by atoms with E-state index in [1.54, 1.807) is 0 Å². The zero-order valence-corrected chi connectivity index (χ0v) is 69.1. The maximum atomic E-state index is 15.1. The Bertz CT molecular complexity index is 3050. The molecule has 664 valence electrons. The molecule has 0 radical (unpaired) electrons. The molecule has 0 aliphatic heterocycles. The van der Waals surface area contributed by atoms with E-state index in [4.69, 9.17) is 97.5 Å². The Labute approximate surface area is 685 Å². The molecule has 0 aromatic rings. The largest absolute Gasteiger partial charge is 0.370 e. The molecule has 0 spiro atoms. The highest BCUT2D eigenvalue weighted by Gasteiger charge is 2.35. The van der Waals surface area contributed by atoms with Crippen molar-refractivity contribution < 1.29 is 43.2 Å². The van der Waals surface area contributed by atoms with Gasteiger partial charge in [0.1, 0.15) is 48.3 Å². The van der Waals surface area contributed by atoms with Crippen molar-refractivity contribution in [3.05, 3.63) is 0 Å². The van der Waals surface area contributed by atoms with Crippen LogP contribution in [0.4, 0.5) is 0 Å². The summed E-state index contributed by atoms with van der Waals surface area (Å²) in [6, 6.07) is -10.6. The molecule has 8 atom stereocenters. The summed E-state index contributed by atoms with van der Waals surface area (Å²) in [5.41, 5.74) is 95.3. The van der Waals surface area contributed by atoms with Gasteiger partial charge in [-0.2, -0.15) is 0 Å². The van der Waals surface area contributed by atoms with Crippen molar-refractivity contribution in [2.24, 2.45) is 137 Å². The Hall–Kier alpha value is -10.6. The van der Waals surface area contributed by atoms with E-state index < -0.39 is 95.6 Å². The third-order valence-corrected chi connectivity index (χ3v) is 18.7. The molecule has 116 heavy (non-hydrogen) atoms. The van der Waals surface area contributed by atoms with Crippen molar-refractivity contribution in [1.82, 2.24) is 42.5 Å². The Kier molecular flexibility index (Phi) is 61.5. The molecule has 42 nitrogen and oxygen atoms in total. The Morgan fingerprint density at radius 1 is 0.198 bits per heavy atom. The molecule has 0 saturated heterocycles. The number of aliphatic imine (C=N–C) groups is 8. The number of nitrogens with one attached hydrogen (secondary N) is 8. The number of hydrogen-bond donors (Lipinski definition) is 25. The van der Waals surface area contributed by atoms with Crippen LogP contribution in [0.1, 0.15) is 264 Å². The number of nitrogens with zero attached hydrogens (tertiary/aromatic N) is 8. The number of carbonyl (C=O) groups is 9. The fourth-order valence-electron chi connectivity index (χ4n) is 12.3. The van der Waals surface area contributed by atoms with Crippen molar-refractivity contribution in [3.63, 3.8) is 0 Å². The number of unbranched alkanes of at least 4 members (excludes halogenated alkanes) is 22. The van der Waals surface area contributed by atoms with E-state index in [1.165, 1.54) is 64.2 Å². The average Bonchev–Trinajstić information content (AvgIpc) is 0.894. The highest BCUT2D eigenvalue weighted by Crippen LogP contribution is 2.17. The summed E-state index contributed by atoms with van der Waals surface area (Å²) in [6.45, 7) is 3.65. The van der Waals surface area contributed by atoms with E-state index in [1.807, 2.05) is 0 Å². The van der Waals surface area contributed by atoms with E-state index in [9.17, 15) is 28.8 Å². The van der Waals surface area contributed by atoms with Crippen LogP contribution in [0.3, 0.4) is 0 Å². The van der Waals surface area contributed by atoms with E-state index >= 15 is 14.4 Å². The predicted octanol–water partition coefficient (Wildman–Crippen LogP) is -2.84. The Balaban J connectivity index is 7.70. The van der Waals surface area contributed by atoms with Gasteiger partial charge in [-0.3, -0.25) is 83.1 Å². The summed E-state index contributed by atoms with van der Waals surface area (Å²) in [5, 5.41) is 22.4. The van der Waals surface area contributed by atoms with E-state index in [-0.39, 0.29) is 196 Å². The standard InChI is InChI=1S/C74H149N33O9/c1-2-3-4-5-6-7-8-9-10-11-12-13-14-15-16-41-58(108)100-51(34-18-26-43-93-68(78)79)60(110)102-53(36-20-28-45-95-70(82)83)62(112)104-55(38-22-30-47-97-72(86)87)64(114)106-57(40-24-32-49-99-74(90)91)66(116)107-56(39-23-31-48-98-73(88)89)65(115)105-54(37-21-29-46-96-71(84)85)63(113)103-52(35-19-27-44-94-69(80)81)61(111)101-50(59(75)109)33-17-25-42-92-67(76)77/h50-57H,2-49H2,1H3,(H2,75,109)(H,100,108)(H,101,111)(H,102,110)(H,103,113)(H,104,112)(H,105,115)(H,106,114)(H,107,116)(H4,76,77,92)(H4,78,79,93)(H4,80,81,94)(H4,82,83,95)(H4,84,85,96)(H4,86,87,97)(H4,88,89,98)(H4,90,91,99). The normalized spacial score (nSPS) is 12.9. The lowest BCUT2D eigenvalue weighted by molar-refractivity contribution is -0.136. The molecule has 0 aromatic carbocycles. The molecule has 0 rings (SSSR count). The molecule has 8 unspecified atom stereocenters. The molecule has 0 fully saturated rings. The number of nitrogens with two attached hydrogens (primary N) is 17. The summed E-state index contributed by atoms with van der Waals surface area (Å²) in [4.78, 5) is 163. The SMILES string of the molecule is CCCCCCCCCCCCCCCCCC(=O)NC(CCCCN=C(N)N)C(=O)NC(CCCCN=C(N)N)C(=O)NC(CCCCN=C(N)N)C(=O)NC(CCCCN=C(N)N)C(=O)NC(CCCCN=C(N)N)C(=O)NC(CCCCN=C(N)N)C(=O)NC(CCCCN=C(N)N)C(=O)NC(CCCCN=C(N)N)C(N)=O. The molecule has 0 heterocycles. The third-order valence-electron chi connectivity index (χ3n) is 18.7. The van der Waals surface area contributed by atoms with Gasteiger partial charge in [-0.15, -0.1) is 0 Å². The van der Waals surface area contributed by atoms with Gasteiger partial charge in [-0.1, -0.05) is 96.8 Å². The average molecular weight is 1650 g/mol. The second-order valence-corrected chi connectivity index (χ2v) is 29.1. The zero-order valence-electron chi connectivity index (χ0n) is 69.1. The lowest BCUT2D eigenvalue weighted by atomic mass is 10.0. The molecule has 9 amide bonds. The van der Waals surface area contributed by atoms with E-state index in [0.29, 0.717) is 77.0 Å². The molecule has 0 aliphatic rings. The number of carbonyl (C=O) groups excluding carboxylic acids is 9. The van der Waals surface area contributed by atoms with Gasteiger partial charge in [-0.05, 0) is 161 Å². The van der Waals surface area contributed by atoms with Crippen molar-refractivity contribution in [3.8, 4) is 0 Å². The quantitative estimate of drug-likeness (QED) is 0.0166. The first kappa shape index (κ1) is 105. The van der Waals surface area contributed by atoms with Crippen molar-refractivity contribution in [1.29, 1.82) is 0 Å². The number of guanidine groups is 8. The van der Waals surface area contributed by atoms with Crippen LogP contribution in [-0.4, -0.2) is 202 Å². The highest BCUT2D eigenvalue weighted by atomic mass is 16.2. The molecular formula is C74H149N33O9. The fourth-order valence-corrected chi connectivity index (χ4v) is 12.3. The number of amides is 9. The van der Waals surface area contributed by atoms with Crippen molar-refractivity contribution in [2.45, 2.75) is 312 Å². The van der Waals surface area contributed by atoms with Gasteiger partial charge in [-0.25, -0.2) is 0 Å². The minimum Gasteiger partial charge on any atom is -0.370 e. The van der Waals surface area contributed by atoms with Gasteiger partial charge in [0, 0.05) is 58.8 Å². The highest BCUT2D eigenvalue weighted by molar-refractivity contribution is 5.98. The topological polar surface area (TPSA) is 791 Å². The molecule has 0 bridgehead atoms. The molecule has 42 heteroatoms. The Morgan fingerprint density at radius 2 is 0.353 bits per heavy atom. The van der Waals surface area contributed by atoms with E-state index in [0.717, 1.165) is 25.7 Å². The summed E-state index contributed by atoms with van der Waals surface area (Å²) in [6.07, 6.45) is 22.6. The van der Waals surface area contributed by atoms with E-state index in [2.05, 4.69) is 89.4 Å². The summed E-state index contributed by atoms with van der Waals surface area (Å²) in [7, 11) is 0. The van der Waals surface area contributed by atoms with Gasteiger partial charge in [0.2, 0.25) is 53.2 Å². The van der Waals surface area contributed by atoms with Gasteiger partial charge < -0.3 is 140 Å². The van der Waals surface area contributed by atoms with Gasteiger partial charge in [0.05, 0.1) is 0 Å². The van der Waals surface area contributed by atoms with Crippen LogP contribution < -0.4 is 140 Å². The van der Waals surface area contributed by atoms with Crippen LogP contribution in [0.5, 0.6) is 0 Å². The van der Waals surface area contributed by atoms with Crippen molar-refractivity contribution >= 4 is 101 Å². The first-order valence-electron chi connectivity index (χ1n) is 41.5. The van der Waals surface area contributed by atoms with Crippen molar-refractivity contribution in [2.75, 3.05) is 52.4 Å². The predicted molar refractivity (Wildman–Crippen MR) is 460 cm³/mol. The molecule has 42 N–H and O–H groups in total. The second kappa shape index (κ2) is 67.7. The second-order valence-electron chi connectivity index (χ2n) is 29.1. The first-order chi connectivity index (χ1) is 55.4. The lowest BCUT2D eigenvalue weighted by Crippen LogP contribution is -2.60.